The number of unbranched alkanes of at least 4 members (excludes halogenated alkanes) is 1. The lowest BCUT2D eigenvalue weighted by Gasteiger charge is -2.23. The Hall–Kier alpha value is -1.70. The summed E-state index contributed by atoms with van der Waals surface area (Å²) in [5.41, 5.74) is 5.04. The van der Waals surface area contributed by atoms with Gasteiger partial charge in [-0.05, 0) is 37.7 Å². The molecule has 0 radical (unpaired) electrons. The molecule has 1 aliphatic carbocycles. The molecule has 2 nitrogen and oxygen atoms in total. The van der Waals surface area contributed by atoms with E-state index in [2.05, 4.69) is 49.3 Å². The molecule has 21 heavy (non-hydrogen) atoms. The van der Waals surface area contributed by atoms with Crippen LogP contribution in [0, 0.1) is 12.8 Å². The van der Waals surface area contributed by atoms with Crippen LogP contribution in [0.1, 0.15) is 49.4 Å². The summed E-state index contributed by atoms with van der Waals surface area (Å²) in [6.45, 7) is 4.38. The van der Waals surface area contributed by atoms with E-state index >= 15 is 0 Å². The first-order chi connectivity index (χ1) is 10.3. The van der Waals surface area contributed by atoms with Gasteiger partial charge >= 0.3 is 0 Å². The zero-order chi connectivity index (χ0) is 14.7. The topological polar surface area (TPSA) is 25.8 Å². The fraction of sp³-hybridized carbons (Fsp3) is 0.474. The molecule has 0 N–H and O–H groups in total. The highest BCUT2D eigenvalue weighted by atomic mass is 14.9. The van der Waals surface area contributed by atoms with Crippen molar-refractivity contribution in [2.45, 2.75) is 52.4 Å². The fourth-order valence-corrected chi connectivity index (χ4v) is 3.16. The van der Waals surface area contributed by atoms with Crippen molar-refractivity contribution < 1.29 is 0 Å². The third kappa shape index (κ3) is 3.31. The summed E-state index contributed by atoms with van der Waals surface area (Å²) >= 11 is 0. The van der Waals surface area contributed by atoms with Gasteiger partial charge in [0.05, 0.1) is 0 Å². The van der Waals surface area contributed by atoms with Gasteiger partial charge in [-0.3, -0.25) is 0 Å². The minimum atomic E-state index is 0.839. The van der Waals surface area contributed by atoms with E-state index in [1.54, 1.807) is 0 Å². The molecular formula is C19H24N2. The van der Waals surface area contributed by atoms with Gasteiger partial charge in [-0.2, -0.15) is 0 Å². The Balaban J connectivity index is 1.78. The molecule has 1 unspecified atom stereocenters. The van der Waals surface area contributed by atoms with E-state index < -0.39 is 0 Å². The first-order valence-electron chi connectivity index (χ1n) is 8.18. The number of nitrogens with zero attached hydrogens (tertiary/aromatic N) is 2. The molecule has 0 spiro atoms. The summed E-state index contributed by atoms with van der Waals surface area (Å²) in [6.07, 6.45) is 9.64. The monoisotopic (exact) mass is 280 g/mol. The quantitative estimate of drug-likeness (QED) is 0.808. The second-order valence-electron chi connectivity index (χ2n) is 6.28. The number of benzene rings is 1. The molecule has 0 bridgehead atoms. The molecule has 1 aromatic carbocycles. The highest BCUT2D eigenvalue weighted by molar-refractivity contribution is 5.55. The predicted molar refractivity (Wildman–Crippen MR) is 87.2 cm³/mol. The lowest BCUT2D eigenvalue weighted by Crippen LogP contribution is -2.16. The molecule has 0 fully saturated rings. The molecule has 110 valence electrons. The average molecular weight is 280 g/mol. The lowest BCUT2D eigenvalue weighted by molar-refractivity contribution is 0.408. The van der Waals surface area contributed by atoms with Crippen LogP contribution in [0.3, 0.4) is 0 Å². The van der Waals surface area contributed by atoms with Gasteiger partial charge in [0.25, 0.3) is 0 Å². The molecule has 3 rings (SSSR count). The van der Waals surface area contributed by atoms with Crippen molar-refractivity contribution in [3.05, 3.63) is 47.3 Å². The van der Waals surface area contributed by atoms with Gasteiger partial charge in [0.1, 0.15) is 0 Å². The number of aromatic nitrogens is 2. The van der Waals surface area contributed by atoms with E-state index in [4.69, 9.17) is 4.98 Å². The van der Waals surface area contributed by atoms with Crippen molar-refractivity contribution in [3.63, 3.8) is 0 Å². The van der Waals surface area contributed by atoms with E-state index in [9.17, 15) is 0 Å². The highest BCUT2D eigenvalue weighted by Crippen LogP contribution is 2.28. The number of fused-ring (bicyclic) bond motifs is 1. The first kappa shape index (κ1) is 14.2. The van der Waals surface area contributed by atoms with Gasteiger partial charge in [0, 0.05) is 17.5 Å². The predicted octanol–water partition coefficient (Wildman–Crippen LogP) is 4.75. The van der Waals surface area contributed by atoms with Crippen molar-refractivity contribution in [2.75, 3.05) is 0 Å². The fourth-order valence-electron chi connectivity index (χ4n) is 3.16. The Kier molecular flexibility index (Phi) is 4.33. The molecule has 1 heterocycles. The lowest BCUT2D eigenvalue weighted by atomic mass is 9.84. The van der Waals surface area contributed by atoms with Crippen LogP contribution < -0.4 is 0 Å². The smallest absolute Gasteiger partial charge is 0.159 e. The minimum Gasteiger partial charge on any atom is -0.236 e. The van der Waals surface area contributed by atoms with E-state index in [1.165, 1.54) is 48.9 Å². The summed E-state index contributed by atoms with van der Waals surface area (Å²) in [5, 5.41) is 0. The molecule has 1 aromatic heterocycles. The average Bonchev–Trinajstić information content (AvgIpc) is 2.53. The summed E-state index contributed by atoms with van der Waals surface area (Å²) in [5.74, 6) is 1.71. The summed E-state index contributed by atoms with van der Waals surface area (Å²) in [6, 6.07) is 8.48. The second kappa shape index (κ2) is 6.38. The third-order valence-electron chi connectivity index (χ3n) is 4.53. The maximum Gasteiger partial charge on any atom is 0.159 e. The molecule has 0 amide bonds. The van der Waals surface area contributed by atoms with E-state index in [0.717, 1.165) is 23.7 Å². The zero-order valence-electron chi connectivity index (χ0n) is 13.1. The summed E-state index contributed by atoms with van der Waals surface area (Å²) < 4.78 is 0. The largest absolute Gasteiger partial charge is 0.236 e. The Morgan fingerprint density at radius 3 is 2.76 bits per heavy atom. The number of hydrogen-bond acceptors (Lipinski definition) is 2. The van der Waals surface area contributed by atoms with Crippen molar-refractivity contribution in [2.24, 2.45) is 5.92 Å². The van der Waals surface area contributed by atoms with Gasteiger partial charge in [0.15, 0.2) is 5.82 Å². The van der Waals surface area contributed by atoms with Gasteiger partial charge in [-0.1, -0.05) is 56.0 Å². The van der Waals surface area contributed by atoms with Crippen molar-refractivity contribution in [1.29, 1.82) is 0 Å². The first-order valence-corrected chi connectivity index (χ1v) is 8.18. The standard InChI is InChI=1S/C19H24N2/c1-3-4-5-15-8-11-18-17(12-15)13-20-19(21-18)16-9-6-14(2)7-10-16/h6-7,9-10,13,15H,3-5,8,11-12H2,1-2H3. The van der Waals surface area contributed by atoms with Crippen LogP contribution in [0.15, 0.2) is 30.5 Å². The van der Waals surface area contributed by atoms with Crippen LogP contribution in [0.5, 0.6) is 0 Å². The van der Waals surface area contributed by atoms with Crippen LogP contribution in [0.4, 0.5) is 0 Å². The second-order valence-corrected chi connectivity index (χ2v) is 6.28. The molecule has 0 saturated carbocycles. The Morgan fingerprint density at radius 1 is 1.19 bits per heavy atom. The third-order valence-corrected chi connectivity index (χ3v) is 4.53. The minimum absolute atomic E-state index is 0.839. The SMILES string of the molecule is CCCCC1CCc2nc(-c3ccc(C)cc3)ncc2C1. The maximum absolute atomic E-state index is 4.82. The number of aryl methyl sites for hydroxylation is 2. The van der Waals surface area contributed by atoms with Gasteiger partial charge in [0.2, 0.25) is 0 Å². The van der Waals surface area contributed by atoms with Gasteiger partial charge in [-0.25, -0.2) is 9.97 Å². The molecule has 1 atom stereocenters. The van der Waals surface area contributed by atoms with Crippen LogP contribution >= 0.6 is 0 Å². The molecular weight excluding hydrogens is 256 g/mol. The normalized spacial score (nSPS) is 17.5. The summed E-state index contributed by atoms with van der Waals surface area (Å²) in [7, 11) is 0. The molecule has 2 aromatic rings. The molecule has 0 saturated heterocycles. The van der Waals surface area contributed by atoms with Gasteiger partial charge < -0.3 is 0 Å². The maximum atomic E-state index is 4.82. The van der Waals surface area contributed by atoms with Crippen LogP contribution in [-0.2, 0) is 12.8 Å². The van der Waals surface area contributed by atoms with E-state index in [0.29, 0.717) is 0 Å². The zero-order valence-corrected chi connectivity index (χ0v) is 13.1. The Labute approximate surface area is 127 Å². The van der Waals surface area contributed by atoms with Crippen LogP contribution in [0.25, 0.3) is 11.4 Å². The highest BCUT2D eigenvalue weighted by Gasteiger charge is 2.20. The number of rotatable bonds is 4. The van der Waals surface area contributed by atoms with Crippen molar-refractivity contribution in [1.82, 2.24) is 9.97 Å². The number of hydrogen-bond donors (Lipinski definition) is 0. The Morgan fingerprint density at radius 2 is 2.00 bits per heavy atom. The van der Waals surface area contributed by atoms with E-state index in [-0.39, 0.29) is 0 Å². The Bertz CT molecular complexity index is 601. The van der Waals surface area contributed by atoms with E-state index in [1.807, 2.05) is 0 Å². The van der Waals surface area contributed by atoms with Crippen LogP contribution in [0.2, 0.25) is 0 Å². The molecule has 0 aliphatic heterocycles. The van der Waals surface area contributed by atoms with Gasteiger partial charge in [-0.15, -0.1) is 0 Å². The molecule has 1 aliphatic rings. The molecule has 2 heteroatoms. The summed E-state index contributed by atoms with van der Waals surface area (Å²) in [4.78, 5) is 9.41. The van der Waals surface area contributed by atoms with Crippen LogP contribution in [-0.4, -0.2) is 9.97 Å². The van der Waals surface area contributed by atoms with Crippen molar-refractivity contribution in [3.8, 4) is 11.4 Å². The van der Waals surface area contributed by atoms with Crippen molar-refractivity contribution >= 4 is 0 Å².